The molecule has 0 saturated carbocycles. The molecule has 0 aliphatic heterocycles. The van der Waals surface area contributed by atoms with Crippen LogP contribution in [-0.4, -0.2) is 19.9 Å². The van der Waals surface area contributed by atoms with Crippen molar-refractivity contribution >= 4 is 65.3 Å². The van der Waals surface area contributed by atoms with E-state index in [1.54, 1.807) is 0 Å². The van der Waals surface area contributed by atoms with Crippen molar-refractivity contribution in [2.24, 2.45) is 0 Å². The maximum atomic E-state index is 5.99. The van der Waals surface area contributed by atoms with Crippen LogP contribution in [0.25, 0.3) is 133 Å². The topological polar surface area (TPSA) is 77.8 Å². The van der Waals surface area contributed by atoms with Crippen LogP contribution in [0, 0.1) is 0 Å². The average Bonchev–Trinajstić information content (AvgIpc) is 4.08. The van der Waals surface area contributed by atoms with Crippen molar-refractivity contribution in [3.63, 3.8) is 0 Å². The van der Waals surface area contributed by atoms with Gasteiger partial charge in [-0.05, 0) is 149 Å². The monoisotopic (exact) mass is 896 g/mol. The lowest BCUT2D eigenvalue weighted by atomic mass is 9.86. The van der Waals surface area contributed by atoms with Gasteiger partial charge in [-0.1, -0.05) is 152 Å². The Bertz CT molecular complexity index is 3760. The molecule has 0 atom stereocenters. The van der Waals surface area contributed by atoms with Crippen molar-refractivity contribution in [3.05, 3.63) is 243 Å². The Kier molecular flexibility index (Phi) is 10.1. The zero-order chi connectivity index (χ0) is 46.4. The van der Waals surface area contributed by atoms with Gasteiger partial charge in [0.15, 0.2) is 11.2 Å². The molecule has 10 aromatic carbocycles. The summed E-state index contributed by atoms with van der Waals surface area (Å²) < 4.78 is 12.0. The normalized spacial score (nSPS) is 11.4. The highest BCUT2D eigenvalue weighted by Gasteiger charge is 2.19. The molecule has 328 valence electrons. The maximum absolute atomic E-state index is 5.99. The number of rotatable bonds is 6. The van der Waals surface area contributed by atoms with Crippen molar-refractivity contribution in [1.82, 2.24) is 19.9 Å². The summed E-state index contributed by atoms with van der Waals surface area (Å²) in [6.45, 7) is 0. The van der Waals surface area contributed by atoms with Crippen LogP contribution in [0.1, 0.15) is 0 Å². The van der Waals surface area contributed by atoms with Crippen molar-refractivity contribution < 1.29 is 8.83 Å². The third-order valence-electron chi connectivity index (χ3n) is 13.2. The Balaban J connectivity index is 0.000000137. The minimum absolute atomic E-state index is 0.638. The Morgan fingerprint density at radius 1 is 0.243 bits per heavy atom. The zero-order valence-electron chi connectivity index (χ0n) is 37.7. The quantitative estimate of drug-likeness (QED) is 0.155. The largest absolute Gasteiger partial charge is 0.436 e. The summed E-state index contributed by atoms with van der Waals surface area (Å²) in [5.74, 6) is 1.28. The minimum atomic E-state index is 0.638. The third kappa shape index (κ3) is 7.14. The molecule has 6 nitrogen and oxygen atoms in total. The molecule has 0 radical (unpaired) electrons. The fourth-order valence-electron chi connectivity index (χ4n) is 10.1. The van der Waals surface area contributed by atoms with Gasteiger partial charge in [0.2, 0.25) is 11.8 Å². The Labute approximate surface area is 402 Å². The predicted octanol–water partition coefficient (Wildman–Crippen LogP) is 17.1. The van der Waals surface area contributed by atoms with Gasteiger partial charge in [-0.15, -0.1) is 0 Å². The van der Waals surface area contributed by atoms with Gasteiger partial charge >= 0.3 is 0 Å². The molecule has 0 unspecified atom stereocenters. The first-order valence-electron chi connectivity index (χ1n) is 23.3. The van der Waals surface area contributed by atoms with Crippen LogP contribution >= 0.6 is 0 Å². The first kappa shape index (κ1) is 40.7. The minimum Gasteiger partial charge on any atom is -0.436 e. The molecule has 0 fully saturated rings. The van der Waals surface area contributed by atoms with Crippen molar-refractivity contribution in [2.45, 2.75) is 0 Å². The Hall–Kier alpha value is -9.52. The van der Waals surface area contributed by atoms with Crippen LogP contribution in [0.3, 0.4) is 0 Å². The molecule has 0 aliphatic rings. The molecule has 0 spiro atoms. The molecule has 0 amide bonds. The number of oxazole rings is 2. The van der Waals surface area contributed by atoms with Crippen LogP contribution in [0.4, 0.5) is 0 Å². The van der Waals surface area contributed by atoms with E-state index in [1.165, 1.54) is 76.5 Å². The number of pyridine rings is 2. The molecule has 70 heavy (non-hydrogen) atoms. The van der Waals surface area contributed by atoms with Gasteiger partial charge < -0.3 is 8.83 Å². The van der Waals surface area contributed by atoms with Crippen LogP contribution in [0.15, 0.2) is 252 Å². The second kappa shape index (κ2) is 17.3. The van der Waals surface area contributed by atoms with E-state index in [4.69, 9.17) is 8.83 Å². The highest BCUT2D eigenvalue weighted by atomic mass is 16.4. The van der Waals surface area contributed by atoms with Gasteiger partial charge in [0, 0.05) is 41.5 Å². The van der Waals surface area contributed by atoms with Crippen molar-refractivity contribution in [3.8, 4) is 67.4 Å². The highest BCUT2D eigenvalue weighted by Crippen LogP contribution is 2.45. The Morgan fingerprint density at radius 2 is 0.571 bits per heavy atom. The molecule has 14 rings (SSSR count). The van der Waals surface area contributed by atoms with Gasteiger partial charge in [0.25, 0.3) is 0 Å². The zero-order valence-corrected chi connectivity index (χ0v) is 37.7. The second-order valence-corrected chi connectivity index (χ2v) is 17.3. The van der Waals surface area contributed by atoms with Gasteiger partial charge in [0.05, 0.1) is 0 Å². The first-order valence-corrected chi connectivity index (χ1v) is 23.3. The van der Waals surface area contributed by atoms with Crippen molar-refractivity contribution in [2.75, 3.05) is 0 Å². The number of fused-ring (bicyclic) bond motifs is 6. The third-order valence-corrected chi connectivity index (χ3v) is 13.2. The van der Waals surface area contributed by atoms with Gasteiger partial charge in [-0.2, -0.15) is 0 Å². The van der Waals surface area contributed by atoms with Gasteiger partial charge in [-0.3, -0.25) is 9.97 Å². The SMILES string of the molecule is c1ccc2oc(-c3ccc(-c4c5ccccc5c(-c5ccncc5)c5ccccc45)cc3)nc2c1.c1cncc(-c2c3ccccc3c(-c3ccc(-c4nc5ccccc5o4)cc3)c3ccccc23)c1. The van der Waals surface area contributed by atoms with E-state index in [0.29, 0.717) is 11.8 Å². The van der Waals surface area contributed by atoms with Crippen LogP contribution in [0.2, 0.25) is 0 Å². The number of benzene rings is 10. The van der Waals surface area contributed by atoms with E-state index in [9.17, 15) is 0 Å². The van der Waals surface area contributed by atoms with E-state index in [1.807, 2.05) is 79.4 Å². The summed E-state index contributed by atoms with van der Waals surface area (Å²) in [6.07, 6.45) is 7.49. The lowest BCUT2D eigenvalue weighted by molar-refractivity contribution is 0.619. The average molecular weight is 897 g/mol. The molecule has 4 heterocycles. The standard InChI is InChI=1S/2C32H20N2O/c1-3-11-26-24(9-1)30(25-10-2-4-12-27(25)31(26)23-8-7-19-33-20-23)21-15-17-22(18-16-21)32-34-28-13-5-6-14-29(28)35-32;1-3-9-26-24(7-1)30(25-8-2-4-10-27(25)31(26)22-17-19-33-20-18-22)21-13-15-23(16-14-21)32-34-28-11-5-6-12-29(28)35-32/h2*1-20H. The van der Waals surface area contributed by atoms with Crippen LogP contribution in [-0.2, 0) is 0 Å². The molecular formula is C64H40N4O2. The molecular weight excluding hydrogens is 857 g/mol. The number of aromatic nitrogens is 4. The van der Waals surface area contributed by atoms with E-state index < -0.39 is 0 Å². The van der Waals surface area contributed by atoms with Gasteiger partial charge in [0.1, 0.15) is 11.0 Å². The summed E-state index contributed by atoms with van der Waals surface area (Å²) in [5, 5.41) is 9.81. The molecule has 0 bridgehead atoms. The van der Waals surface area contributed by atoms with Gasteiger partial charge in [-0.25, -0.2) is 9.97 Å². The molecule has 0 saturated heterocycles. The molecule has 4 aromatic heterocycles. The fourth-order valence-corrected chi connectivity index (χ4v) is 10.1. The fraction of sp³-hybridized carbons (Fsp3) is 0. The molecule has 0 aliphatic carbocycles. The molecule has 0 N–H and O–H groups in total. The van der Waals surface area contributed by atoms with E-state index in [0.717, 1.165) is 44.5 Å². The van der Waals surface area contributed by atoms with Crippen LogP contribution in [0.5, 0.6) is 0 Å². The lowest BCUT2D eigenvalue weighted by Crippen LogP contribution is -1.91. The van der Waals surface area contributed by atoms with E-state index >= 15 is 0 Å². The summed E-state index contributed by atoms with van der Waals surface area (Å²) in [4.78, 5) is 17.9. The number of para-hydroxylation sites is 4. The van der Waals surface area contributed by atoms with E-state index in [-0.39, 0.29) is 0 Å². The predicted molar refractivity (Wildman–Crippen MR) is 286 cm³/mol. The first-order chi connectivity index (χ1) is 34.7. The Morgan fingerprint density at radius 3 is 0.929 bits per heavy atom. The summed E-state index contributed by atoms with van der Waals surface area (Å²) in [5.41, 5.74) is 14.8. The summed E-state index contributed by atoms with van der Waals surface area (Å²) in [7, 11) is 0. The molecule has 14 aromatic rings. The number of hydrogen-bond acceptors (Lipinski definition) is 6. The van der Waals surface area contributed by atoms with Crippen molar-refractivity contribution in [1.29, 1.82) is 0 Å². The smallest absolute Gasteiger partial charge is 0.227 e. The van der Waals surface area contributed by atoms with E-state index in [2.05, 4.69) is 184 Å². The molecule has 6 heteroatoms. The summed E-state index contributed by atoms with van der Waals surface area (Å²) >= 11 is 0. The second-order valence-electron chi connectivity index (χ2n) is 17.3. The number of hydrogen-bond donors (Lipinski definition) is 0. The van der Waals surface area contributed by atoms with Crippen LogP contribution < -0.4 is 0 Å². The number of nitrogens with zero attached hydrogens (tertiary/aromatic N) is 4. The highest BCUT2D eigenvalue weighted by molar-refractivity contribution is 6.22. The lowest BCUT2D eigenvalue weighted by Gasteiger charge is -2.17. The maximum Gasteiger partial charge on any atom is 0.227 e. The summed E-state index contributed by atoms with van der Waals surface area (Å²) in [6, 6.07) is 75.7.